The molecular formula is C17H21N3O2S. The first kappa shape index (κ1) is 16.0. The maximum atomic E-state index is 12.5. The first-order chi connectivity index (χ1) is 11.1. The second-order valence-corrected chi connectivity index (χ2v) is 6.61. The van der Waals surface area contributed by atoms with Crippen LogP contribution in [0.3, 0.4) is 0 Å². The number of morpholine rings is 1. The molecule has 2 aromatic heterocycles. The van der Waals surface area contributed by atoms with Crippen molar-refractivity contribution in [2.24, 2.45) is 0 Å². The van der Waals surface area contributed by atoms with E-state index in [0.717, 1.165) is 17.0 Å². The van der Waals surface area contributed by atoms with Gasteiger partial charge < -0.3 is 15.0 Å². The molecule has 1 fully saturated rings. The van der Waals surface area contributed by atoms with Crippen LogP contribution in [0.15, 0.2) is 35.0 Å². The number of amides is 2. The molecule has 0 spiro atoms. The fourth-order valence-electron chi connectivity index (χ4n) is 2.74. The molecule has 0 radical (unpaired) electrons. The molecule has 2 amide bonds. The Morgan fingerprint density at radius 3 is 3.04 bits per heavy atom. The van der Waals surface area contributed by atoms with Crippen molar-refractivity contribution in [1.82, 2.24) is 15.2 Å². The van der Waals surface area contributed by atoms with E-state index in [4.69, 9.17) is 4.74 Å². The van der Waals surface area contributed by atoms with Gasteiger partial charge in [0, 0.05) is 12.2 Å². The van der Waals surface area contributed by atoms with Crippen molar-refractivity contribution in [3.05, 3.63) is 52.0 Å². The predicted octanol–water partition coefficient (Wildman–Crippen LogP) is 3.12. The minimum atomic E-state index is -0.0660. The molecule has 1 N–H and O–H groups in total. The zero-order valence-corrected chi connectivity index (χ0v) is 14.2. The number of pyridine rings is 1. The fourth-order valence-corrected chi connectivity index (χ4v) is 3.44. The van der Waals surface area contributed by atoms with E-state index in [1.54, 1.807) is 11.3 Å². The molecule has 6 heteroatoms. The summed E-state index contributed by atoms with van der Waals surface area (Å²) >= 11 is 1.65. The molecule has 2 aromatic rings. The van der Waals surface area contributed by atoms with Crippen molar-refractivity contribution < 1.29 is 9.53 Å². The number of carbonyl (C=O) groups excluding carboxylic acids is 1. The molecule has 122 valence electrons. The van der Waals surface area contributed by atoms with E-state index in [1.165, 1.54) is 0 Å². The molecule has 1 saturated heterocycles. The molecule has 0 aliphatic carbocycles. The average molecular weight is 331 g/mol. The van der Waals surface area contributed by atoms with Gasteiger partial charge in [0.1, 0.15) is 6.10 Å². The van der Waals surface area contributed by atoms with Gasteiger partial charge in [-0.15, -0.1) is 0 Å². The smallest absolute Gasteiger partial charge is 0.317 e. The highest BCUT2D eigenvalue weighted by molar-refractivity contribution is 7.07. The van der Waals surface area contributed by atoms with Gasteiger partial charge in [-0.2, -0.15) is 11.3 Å². The lowest BCUT2D eigenvalue weighted by Gasteiger charge is -2.36. The summed E-state index contributed by atoms with van der Waals surface area (Å²) in [4.78, 5) is 18.7. The number of aromatic nitrogens is 1. The third-order valence-corrected chi connectivity index (χ3v) is 4.53. The van der Waals surface area contributed by atoms with Gasteiger partial charge in [-0.1, -0.05) is 6.07 Å². The van der Waals surface area contributed by atoms with Gasteiger partial charge in [-0.05, 0) is 48.4 Å². The molecule has 2 atom stereocenters. The van der Waals surface area contributed by atoms with Crippen LogP contribution in [0.5, 0.6) is 0 Å². The second-order valence-electron chi connectivity index (χ2n) is 5.83. The number of nitrogens with one attached hydrogen (secondary N) is 1. The zero-order chi connectivity index (χ0) is 16.2. The van der Waals surface area contributed by atoms with E-state index in [-0.39, 0.29) is 18.2 Å². The molecule has 0 aromatic carbocycles. The summed E-state index contributed by atoms with van der Waals surface area (Å²) in [7, 11) is 0. The first-order valence-electron chi connectivity index (χ1n) is 7.74. The van der Waals surface area contributed by atoms with Crippen LogP contribution in [-0.2, 0) is 11.3 Å². The van der Waals surface area contributed by atoms with Crippen molar-refractivity contribution >= 4 is 17.4 Å². The van der Waals surface area contributed by atoms with Gasteiger partial charge in [-0.3, -0.25) is 4.98 Å². The van der Waals surface area contributed by atoms with Crippen LogP contribution >= 0.6 is 11.3 Å². The lowest BCUT2D eigenvalue weighted by molar-refractivity contribution is -0.0655. The maximum absolute atomic E-state index is 12.5. The summed E-state index contributed by atoms with van der Waals surface area (Å²) in [5.74, 6) is 0. The highest BCUT2D eigenvalue weighted by Gasteiger charge is 2.29. The Morgan fingerprint density at radius 1 is 1.43 bits per heavy atom. The molecule has 5 nitrogen and oxygen atoms in total. The van der Waals surface area contributed by atoms with Gasteiger partial charge in [0.25, 0.3) is 0 Å². The van der Waals surface area contributed by atoms with Gasteiger partial charge in [-0.25, -0.2) is 4.79 Å². The summed E-state index contributed by atoms with van der Waals surface area (Å²) < 4.78 is 5.96. The Bertz CT molecular complexity index is 660. The normalized spacial score (nSPS) is 21.2. The number of hydrogen-bond acceptors (Lipinski definition) is 4. The van der Waals surface area contributed by atoms with Crippen LogP contribution < -0.4 is 5.32 Å². The summed E-state index contributed by atoms with van der Waals surface area (Å²) in [5.41, 5.74) is 2.96. The van der Waals surface area contributed by atoms with E-state index < -0.39 is 0 Å². The molecule has 3 rings (SSSR count). The molecular weight excluding hydrogens is 310 g/mol. The summed E-state index contributed by atoms with van der Waals surface area (Å²) in [6.45, 7) is 5.57. The van der Waals surface area contributed by atoms with Crippen LogP contribution in [0.4, 0.5) is 4.79 Å². The quantitative estimate of drug-likeness (QED) is 0.940. The van der Waals surface area contributed by atoms with Crippen molar-refractivity contribution in [2.75, 3.05) is 13.1 Å². The zero-order valence-electron chi connectivity index (χ0n) is 13.4. The number of urea groups is 1. The van der Waals surface area contributed by atoms with Gasteiger partial charge in [0.15, 0.2) is 0 Å². The summed E-state index contributed by atoms with van der Waals surface area (Å²) in [5, 5.41) is 7.07. The maximum Gasteiger partial charge on any atom is 0.317 e. The largest absolute Gasteiger partial charge is 0.367 e. The Hall–Kier alpha value is -1.92. The monoisotopic (exact) mass is 331 g/mol. The molecule has 0 unspecified atom stereocenters. The van der Waals surface area contributed by atoms with Crippen LogP contribution in [-0.4, -0.2) is 35.1 Å². The molecule has 0 saturated carbocycles. The first-order valence-corrected chi connectivity index (χ1v) is 8.69. The Kier molecular flexibility index (Phi) is 4.93. The predicted molar refractivity (Wildman–Crippen MR) is 90.4 cm³/mol. The SMILES string of the molecule is Cc1cccc(CNC(=O)N2C[C@@H](C)O[C@H](c3ccsc3)C2)n1. The number of carbonyl (C=O) groups is 1. The highest BCUT2D eigenvalue weighted by atomic mass is 32.1. The van der Waals surface area contributed by atoms with Crippen molar-refractivity contribution in [3.63, 3.8) is 0 Å². The number of rotatable bonds is 3. The van der Waals surface area contributed by atoms with Crippen molar-refractivity contribution in [3.8, 4) is 0 Å². The summed E-state index contributed by atoms with van der Waals surface area (Å²) in [6, 6.07) is 7.81. The van der Waals surface area contributed by atoms with Crippen molar-refractivity contribution in [2.45, 2.75) is 32.6 Å². The lowest BCUT2D eigenvalue weighted by Crippen LogP contribution is -2.49. The van der Waals surface area contributed by atoms with E-state index in [0.29, 0.717) is 19.6 Å². The van der Waals surface area contributed by atoms with Gasteiger partial charge >= 0.3 is 6.03 Å². The third-order valence-electron chi connectivity index (χ3n) is 3.83. The van der Waals surface area contributed by atoms with E-state index in [2.05, 4.69) is 21.7 Å². The Labute approximate surface area is 140 Å². The number of ether oxygens (including phenoxy) is 1. The lowest BCUT2D eigenvalue weighted by atomic mass is 10.1. The number of thiophene rings is 1. The third kappa shape index (κ3) is 4.09. The molecule has 1 aliphatic rings. The van der Waals surface area contributed by atoms with Gasteiger partial charge in [0.05, 0.1) is 24.9 Å². The standard InChI is InChI=1S/C17H21N3O2S/c1-12-4-3-5-15(19-12)8-18-17(21)20-9-13(2)22-16(10-20)14-6-7-23-11-14/h3-7,11,13,16H,8-10H2,1-2H3,(H,18,21)/t13-,16+/m1/s1. The minimum absolute atomic E-state index is 0.0245. The minimum Gasteiger partial charge on any atom is -0.367 e. The van der Waals surface area contributed by atoms with Crippen molar-refractivity contribution in [1.29, 1.82) is 0 Å². The fraction of sp³-hybridized carbons (Fsp3) is 0.412. The second kappa shape index (κ2) is 7.10. The molecule has 23 heavy (non-hydrogen) atoms. The van der Waals surface area contributed by atoms with E-state index >= 15 is 0 Å². The average Bonchev–Trinajstić information content (AvgIpc) is 3.06. The molecule has 0 bridgehead atoms. The number of aryl methyl sites for hydroxylation is 1. The van der Waals surface area contributed by atoms with Gasteiger partial charge in [0.2, 0.25) is 0 Å². The Morgan fingerprint density at radius 2 is 2.30 bits per heavy atom. The molecule has 3 heterocycles. The topological polar surface area (TPSA) is 54.5 Å². The van der Waals surface area contributed by atoms with E-state index in [9.17, 15) is 4.79 Å². The van der Waals surface area contributed by atoms with Crippen LogP contribution in [0.2, 0.25) is 0 Å². The van der Waals surface area contributed by atoms with Crippen LogP contribution in [0, 0.1) is 6.92 Å². The Balaban J connectivity index is 1.60. The highest BCUT2D eigenvalue weighted by Crippen LogP contribution is 2.26. The van der Waals surface area contributed by atoms with Crippen LogP contribution in [0.1, 0.15) is 30.0 Å². The number of nitrogens with zero attached hydrogens (tertiary/aromatic N) is 2. The summed E-state index contributed by atoms with van der Waals surface area (Å²) in [6.07, 6.45) is -0.0238. The number of hydrogen-bond donors (Lipinski definition) is 1. The van der Waals surface area contributed by atoms with E-state index in [1.807, 2.05) is 42.3 Å². The molecule has 1 aliphatic heterocycles. The van der Waals surface area contributed by atoms with Crippen LogP contribution in [0.25, 0.3) is 0 Å².